The van der Waals surface area contributed by atoms with Gasteiger partial charge < -0.3 is 14.7 Å². The molecule has 5 nitrogen and oxygen atoms in total. The highest BCUT2D eigenvalue weighted by molar-refractivity contribution is 5.95. The third kappa shape index (κ3) is 3.40. The highest BCUT2D eigenvalue weighted by atomic mass is 16.5. The van der Waals surface area contributed by atoms with Crippen molar-refractivity contribution in [3.8, 4) is 5.75 Å². The van der Waals surface area contributed by atoms with Gasteiger partial charge in [-0.2, -0.15) is 0 Å². The first kappa shape index (κ1) is 16.3. The van der Waals surface area contributed by atoms with Crippen LogP contribution in [-0.2, 0) is 9.53 Å². The van der Waals surface area contributed by atoms with Crippen molar-refractivity contribution in [3.05, 3.63) is 29.3 Å². The molecule has 0 spiro atoms. The van der Waals surface area contributed by atoms with Crippen molar-refractivity contribution in [2.75, 3.05) is 13.1 Å². The molecular weight excluding hydrogens is 282 g/mol. The van der Waals surface area contributed by atoms with Gasteiger partial charge in [0, 0.05) is 13.1 Å². The molecule has 120 valence electrons. The second kappa shape index (κ2) is 6.81. The average molecular weight is 305 g/mol. The minimum Gasteiger partial charge on any atom is -0.507 e. The number of rotatable bonds is 4. The van der Waals surface area contributed by atoms with Crippen molar-refractivity contribution in [3.63, 3.8) is 0 Å². The molecule has 1 fully saturated rings. The number of phenols is 1. The van der Waals surface area contributed by atoms with Crippen LogP contribution in [0, 0.1) is 12.8 Å². The molecule has 1 aromatic carbocycles. The van der Waals surface area contributed by atoms with Crippen LogP contribution in [0.3, 0.4) is 0 Å². The first-order valence-electron chi connectivity index (χ1n) is 7.70. The Morgan fingerprint density at radius 1 is 1.23 bits per heavy atom. The first-order chi connectivity index (χ1) is 10.4. The Kier molecular flexibility index (Phi) is 5.06. The Balaban J connectivity index is 2.15. The number of phenolic OH excluding ortho intramolecular Hbond substituents is 1. The van der Waals surface area contributed by atoms with E-state index in [0.29, 0.717) is 5.56 Å². The summed E-state index contributed by atoms with van der Waals surface area (Å²) >= 11 is 0. The first-order valence-corrected chi connectivity index (χ1v) is 7.70. The molecule has 1 aliphatic heterocycles. The smallest absolute Gasteiger partial charge is 0.342 e. The van der Waals surface area contributed by atoms with Gasteiger partial charge in [-0.1, -0.05) is 26.0 Å². The molecule has 2 rings (SSSR count). The van der Waals surface area contributed by atoms with Crippen molar-refractivity contribution < 1.29 is 19.4 Å². The lowest BCUT2D eigenvalue weighted by molar-refractivity contribution is -0.141. The number of aryl methyl sites for hydroxylation is 1. The van der Waals surface area contributed by atoms with E-state index < -0.39 is 12.1 Å². The fraction of sp³-hybridized carbons (Fsp3) is 0.529. The van der Waals surface area contributed by atoms with E-state index in [1.165, 1.54) is 6.07 Å². The maximum absolute atomic E-state index is 12.5. The van der Waals surface area contributed by atoms with Crippen LogP contribution in [0.5, 0.6) is 5.75 Å². The van der Waals surface area contributed by atoms with Gasteiger partial charge in [0.15, 0.2) is 6.10 Å². The van der Waals surface area contributed by atoms with Crippen molar-refractivity contribution >= 4 is 11.9 Å². The van der Waals surface area contributed by atoms with Gasteiger partial charge in [0.1, 0.15) is 11.3 Å². The number of carbonyl (C=O) groups excluding carboxylic acids is 2. The van der Waals surface area contributed by atoms with Crippen LogP contribution in [0.25, 0.3) is 0 Å². The number of nitrogens with zero attached hydrogens (tertiary/aromatic N) is 1. The molecule has 1 saturated heterocycles. The molecule has 1 N–H and O–H groups in total. The number of benzene rings is 1. The molecule has 0 aromatic heterocycles. The summed E-state index contributed by atoms with van der Waals surface area (Å²) in [7, 11) is 0. The largest absolute Gasteiger partial charge is 0.507 e. The Morgan fingerprint density at radius 2 is 1.86 bits per heavy atom. The Hall–Kier alpha value is -2.04. The maximum Gasteiger partial charge on any atom is 0.342 e. The van der Waals surface area contributed by atoms with Gasteiger partial charge in [-0.05, 0) is 37.3 Å². The standard InChI is InChI=1S/C17H23NO4/c1-11(2)15(16(20)18-9-4-5-10-18)22-17(21)13-8-6-7-12(3)14(13)19/h6-8,11,15,19H,4-5,9-10H2,1-3H3/t15-/m0/s1. The number of ether oxygens (including phenoxy) is 1. The van der Waals surface area contributed by atoms with E-state index >= 15 is 0 Å². The summed E-state index contributed by atoms with van der Waals surface area (Å²) in [6, 6.07) is 4.89. The third-order valence-electron chi connectivity index (χ3n) is 3.96. The second-order valence-corrected chi connectivity index (χ2v) is 6.07. The molecule has 1 atom stereocenters. The van der Waals surface area contributed by atoms with Gasteiger partial charge in [-0.3, -0.25) is 4.79 Å². The van der Waals surface area contributed by atoms with Crippen LogP contribution >= 0.6 is 0 Å². The molecule has 5 heteroatoms. The summed E-state index contributed by atoms with van der Waals surface area (Å²) in [6.07, 6.45) is 1.16. The molecule has 1 heterocycles. The fourth-order valence-electron chi connectivity index (χ4n) is 2.59. The normalized spacial score (nSPS) is 15.9. The van der Waals surface area contributed by atoms with Gasteiger partial charge in [0.2, 0.25) is 0 Å². The van der Waals surface area contributed by atoms with Crippen LogP contribution in [0.15, 0.2) is 18.2 Å². The SMILES string of the molecule is Cc1cccc(C(=O)O[C@H](C(=O)N2CCCC2)C(C)C)c1O. The quantitative estimate of drug-likeness (QED) is 0.868. The van der Waals surface area contributed by atoms with Crippen molar-refractivity contribution in [2.45, 2.75) is 39.7 Å². The zero-order chi connectivity index (χ0) is 16.3. The average Bonchev–Trinajstić information content (AvgIpc) is 3.00. The fourth-order valence-corrected chi connectivity index (χ4v) is 2.59. The van der Waals surface area contributed by atoms with Crippen molar-refractivity contribution in [1.29, 1.82) is 0 Å². The lowest BCUT2D eigenvalue weighted by Crippen LogP contribution is -2.42. The lowest BCUT2D eigenvalue weighted by Gasteiger charge is -2.25. The molecule has 0 saturated carbocycles. The molecule has 22 heavy (non-hydrogen) atoms. The summed E-state index contributed by atoms with van der Waals surface area (Å²) in [5.41, 5.74) is 0.696. The third-order valence-corrected chi connectivity index (χ3v) is 3.96. The van der Waals surface area contributed by atoms with Gasteiger partial charge in [0.05, 0.1) is 0 Å². The van der Waals surface area contributed by atoms with Crippen LogP contribution < -0.4 is 0 Å². The van der Waals surface area contributed by atoms with Gasteiger partial charge in [0.25, 0.3) is 5.91 Å². The summed E-state index contributed by atoms with van der Waals surface area (Å²) in [5, 5.41) is 9.97. The highest BCUT2D eigenvalue weighted by Gasteiger charge is 2.32. The number of likely N-dealkylation sites (tertiary alicyclic amines) is 1. The van der Waals surface area contributed by atoms with Crippen LogP contribution in [0.1, 0.15) is 42.6 Å². The topological polar surface area (TPSA) is 66.8 Å². The molecule has 1 amide bonds. The number of para-hydroxylation sites is 1. The minimum absolute atomic E-state index is 0.0939. The predicted octanol–water partition coefficient (Wildman–Crippen LogP) is 2.50. The van der Waals surface area contributed by atoms with E-state index in [-0.39, 0.29) is 23.1 Å². The zero-order valence-electron chi connectivity index (χ0n) is 13.3. The van der Waals surface area contributed by atoms with E-state index in [1.807, 2.05) is 13.8 Å². The van der Waals surface area contributed by atoms with Crippen molar-refractivity contribution in [2.24, 2.45) is 5.92 Å². The van der Waals surface area contributed by atoms with Crippen LogP contribution in [0.2, 0.25) is 0 Å². The number of carbonyl (C=O) groups is 2. The molecular formula is C17H23NO4. The van der Waals surface area contributed by atoms with Crippen LogP contribution in [0.4, 0.5) is 0 Å². The Morgan fingerprint density at radius 3 is 2.45 bits per heavy atom. The van der Waals surface area contributed by atoms with E-state index in [1.54, 1.807) is 24.0 Å². The molecule has 0 unspecified atom stereocenters. The molecule has 1 aromatic rings. The molecule has 0 radical (unpaired) electrons. The minimum atomic E-state index is -0.814. The maximum atomic E-state index is 12.5. The van der Waals surface area contributed by atoms with E-state index in [0.717, 1.165) is 25.9 Å². The lowest BCUT2D eigenvalue weighted by atomic mass is 10.1. The van der Waals surface area contributed by atoms with Gasteiger partial charge in [-0.25, -0.2) is 4.79 Å². The summed E-state index contributed by atoms with van der Waals surface area (Å²) in [5.74, 6) is -1.02. The summed E-state index contributed by atoms with van der Waals surface area (Å²) < 4.78 is 5.42. The number of esters is 1. The molecule has 0 bridgehead atoms. The predicted molar refractivity (Wildman–Crippen MR) is 82.7 cm³/mol. The van der Waals surface area contributed by atoms with E-state index in [9.17, 15) is 14.7 Å². The second-order valence-electron chi connectivity index (χ2n) is 6.07. The molecule has 1 aliphatic rings. The van der Waals surface area contributed by atoms with Gasteiger partial charge in [-0.15, -0.1) is 0 Å². The summed E-state index contributed by atoms with van der Waals surface area (Å²) in [6.45, 7) is 6.84. The molecule has 0 aliphatic carbocycles. The number of hydrogen-bond acceptors (Lipinski definition) is 4. The monoisotopic (exact) mass is 305 g/mol. The number of amides is 1. The Labute approximate surface area is 130 Å². The van der Waals surface area contributed by atoms with E-state index in [4.69, 9.17) is 4.74 Å². The number of hydrogen-bond donors (Lipinski definition) is 1. The Bertz CT molecular complexity index is 562. The van der Waals surface area contributed by atoms with Crippen molar-refractivity contribution in [1.82, 2.24) is 4.90 Å². The zero-order valence-corrected chi connectivity index (χ0v) is 13.3. The number of aromatic hydroxyl groups is 1. The van der Waals surface area contributed by atoms with Crippen LogP contribution in [-0.4, -0.2) is 41.1 Å². The highest BCUT2D eigenvalue weighted by Crippen LogP contribution is 2.24. The summed E-state index contributed by atoms with van der Waals surface area (Å²) in [4.78, 5) is 26.5. The van der Waals surface area contributed by atoms with E-state index in [2.05, 4.69) is 0 Å². The van der Waals surface area contributed by atoms with Gasteiger partial charge >= 0.3 is 5.97 Å².